The fraction of sp³-hybridized carbons (Fsp3) is 0.382. The zero-order valence-electron chi connectivity index (χ0n) is 39.9. The molecule has 6 aromatic rings. The second kappa shape index (κ2) is 20.3. The Labute approximate surface area is 429 Å². The number of aromatic carboxylic acids is 1. The van der Waals surface area contributed by atoms with Crippen LogP contribution in [0.5, 0.6) is 0 Å². The van der Waals surface area contributed by atoms with Crippen LogP contribution in [-0.2, 0) is 39.9 Å². The summed E-state index contributed by atoms with van der Waals surface area (Å²) in [4.78, 5) is 51.2. The average Bonchev–Trinajstić information content (AvgIpc) is 4.31. The number of carboxylic acids is 1. The molecular weight excluding hydrogens is 982 g/mol. The van der Waals surface area contributed by atoms with E-state index in [0.29, 0.717) is 103 Å². The number of methoxy groups -OCH3 is 1. The third kappa shape index (κ3) is 9.76. The molecule has 0 spiro atoms. The van der Waals surface area contributed by atoms with Gasteiger partial charge in [0.1, 0.15) is 11.6 Å². The van der Waals surface area contributed by atoms with Crippen molar-refractivity contribution in [3.8, 4) is 22.5 Å². The SMILES string of the molecule is COC(=O)c1ccc(-c2nn(C(=O)c3c(Cl)cccc3C3CC3)c3c2CCC(NC2COC2)C3)c(F)c1.O=C(O)c1ccc(-c2nn(C(=O)c3c(Cl)cccc3C3CC3)c3c2CCC(NC2COC2)C3)c(F)c1. The van der Waals surface area contributed by atoms with Crippen molar-refractivity contribution in [3.63, 3.8) is 0 Å². The Hall–Kier alpha value is -6.14. The highest BCUT2D eigenvalue weighted by Gasteiger charge is 2.38. The number of hydrogen-bond donors (Lipinski definition) is 3. The van der Waals surface area contributed by atoms with Crippen LogP contribution >= 0.6 is 23.2 Å². The first-order valence-electron chi connectivity index (χ1n) is 24.8. The van der Waals surface area contributed by atoms with Crippen LogP contribution in [0.2, 0.25) is 10.0 Å². The lowest BCUT2D eigenvalue weighted by atomic mass is 9.89. The number of benzene rings is 4. The molecule has 0 radical (unpaired) electrons. The van der Waals surface area contributed by atoms with E-state index in [0.717, 1.165) is 84.3 Å². The molecule has 4 aromatic carbocycles. The molecule has 2 atom stereocenters. The maximum absolute atomic E-state index is 15.3. The predicted molar refractivity (Wildman–Crippen MR) is 267 cm³/mol. The van der Waals surface area contributed by atoms with Gasteiger partial charge in [0.2, 0.25) is 0 Å². The molecule has 0 amide bonds. The Balaban J connectivity index is 0.000000157. The van der Waals surface area contributed by atoms with Crippen LogP contribution in [0.15, 0.2) is 72.8 Å². The normalized spacial score (nSPS) is 19.4. The Morgan fingerprint density at radius 1 is 0.630 bits per heavy atom. The summed E-state index contributed by atoms with van der Waals surface area (Å²) in [6.45, 7) is 2.68. The van der Waals surface area contributed by atoms with Gasteiger partial charge in [-0.3, -0.25) is 9.59 Å². The lowest BCUT2D eigenvalue weighted by Gasteiger charge is -2.33. The summed E-state index contributed by atoms with van der Waals surface area (Å²) < 4.78 is 48.5. The first kappa shape index (κ1) is 49.1. The van der Waals surface area contributed by atoms with Gasteiger partial charge < -0.3 is 30.0 Å². The molecule has 6 aliphatic rings. The van der Waals surface area contributed by atoms with Gasteiger partial charge in [0.25, 0.3) is 11.8 Å². The van der Waals surface area contributed by atoms with E-state index in [1.807, 2.05) is 24.3 Å². The molecule has 2 saturated carbocycles. The average molecular weight is 1030 g/mol. The molecule has 0 bridgehead atoms. The van der Waals surface area contributed by atoms with Crippen molar-refractivity contribution in [3.05, 3.63) is 150 Å². The fourth-order valence-corrected chi connectivity index (χ4v) is 11.1. The monoisotopic (exact) mass is 1030 g/mol. The number of carboxylic acid groups (broad SMARTS) is 1. The second-order valence-electron chi connectivity index (χ2n) is 19.8. The van der Waals surface area contributed by atoms with Gasteiger partial charge in [0, 0.05) is 47.2 Å². The molecule has 73 heavy (non-hydrogen) atoms. The summed E-state index contributed by atoms with van der Waals surface area (Å²) in [6, 6.07) is 19.9. The van der Waals surface area contributed by atoms with Crippen molar-refractivity contribution in [2.45, 2.75) is 100 Å². The van der Waals surface area contributed by atoms with Crippen molar-refractivity contribution in [2.75, 3.05) is 33.5 Å². The molecule has 2 aromatic heterocycles. The van der Waals surface area contributed by atoms with E-state index in [1.165, 1.54) is 40.7 Å². The van der Waals surface area contributed by atoms with Crippen LogP contribution in [0.4, 0.5) is 8.78 Å². The zero-order valence-corrected chi connectivity index (χ0v) is 41.4. The molecule has 4 heterocycles. The maximum Gasteiger partial charge on any atom is 0.337 e. The topological polar surface area (TPSA) is 176 Å². The van der Waals surface area contributed by atoms with Crippen molar-refractivity contribution in [2.24, 2.45) is 0 Å². The molecule has 4 aliphatic carbocycles. The van der Waals surface area contributed by atoms with E-state index in [9.17, 15) is 24.3 Å². The van der Waals surface area contributed by atoms with Gasteiger partial charge in [-0.2, -0.15) is 19.6 Å². The first-order valence-corrected chi connectivity index (χ1v) is 25.6. The number of halogens is 4. The quantitative estimate of drug-likeness (QED) is 0.0994. The lowest BCUT2D eigenvalue weighted by Crippen LogP contribution is -2.52. The summed E-state index contributed by atoms with van der Waals surface area (Å²) >= 11 is 13.1. The molecule has 14 nitrogen and oxygen atoms in total. The van der Waals surface area contributed by atoms with Crippen LogP contribution in [0.3, 0.4) is 0 Å². The van der Waals surface area contributed by atoms with E-state index < -0.39 is 23.6 Å². The highest BCUT2D eigenvalue weighted by Crippen LogP contribution is 2.45. The minimum atomic E-state index is -1.21. The molecule has 3 N–H and O–H groups in total. The molecule has 2 saturated heterocycles. The molecule has 378 valence electrons. The zero-order chi connectivity index (χ0) is 50.7. The largest absolute Gasteiger partial charge is 0.478 e. The van der Waals surface area contributed by atoms with E-state index in [4.69, 9.17) is 42.5 Å². The number of aromatic nitrogens is 4. The summed E-state index contributed by atoms with van der Waals surface area (Å²) in [5.41, 5.74) is 7.14. The van der Waals surface area contributed by atoms with E-state index in [-0.39, 0.29) is 52.2 Å². The number of carbonyl (C=O) groups excluding carboxylic acids is 3. The summed E-state index contributed by atoms with van der Waals surface area (Å²) in [5, 5.41) is 26.6. The van der Waals surface area contributed by atoms with Gasteiger partial charge in [-0.25, -0.2) is 18.4 Å². The summed E-state index contributed by atoms with van der Waals surface area (Å²) in [7, 11) is 1.25. The molecule has 2 aliphatic heterocycles. The summed E-state index contributed by atoms with van der Waals surface area (Å²) in [6.07, 6.45) is 8.10. The van der Waals surface area contributed by atoms with Crippen molar-refractivity contribution < 1.29 is 47.3 Å². The molecular formula is C55H52Cl2F2N6O8. The number of fused-ring (bicyclic) bond motifs is 2. The van der Waals surface area contributed by atoms with Gasteiger partial charge in [0.05, 0.1) is 101 Å². The van der Waals surface area contributed by atoms with Crippen LogP contribution in [0, 0.1) is 11.6 Å². The molecule has 4 fully saturated rings. The van der Waals surface area contributed by atoms with Gasteiger partial charge in [-0.1, -0.05) is 47.5 Å². The first-order chi connectivity index (χ1) is 35.3. The van der Waals surface area contributed by atoms with Crippen molar-refractivity contribution in [1.82, 2.24) is 30.2 Å². The molecule has 12 rings (SSSR count). The number of rotatable bonds is 12. The summed E-state index contributed by atoms with van der Waals surface area (Å²) in [5.74, 6) is -3.09. The second-order valence-corrected chi connectivity index (χ2v) is 20.6. The van der Waals surface area contributed by atoms with E-state index >= 15 is 8.78 Å². The minimum absolute atomic E-state index is 0.116. The number of nitrogens with zero attached hydrogens (tertiary/aromatic N) is 4. The third-order valence-electron chi connectivity index (χ3n) is 14.8. The fourth-order valence-electron chi connectivity index (χ4n) is 10.6. The van der Waals surface area contributed by atoms with Gasteiger partial charge >= 0.3 is 11.9 Å². The van der Waals surface area contributed by atoms with Gasteiger partial charge in [-0.05, 0) is 123 Å². The van der Waals surface area contributed by atoms with Crippen LogP contribution in [0.1, 0.15) is 125 Å². The van der Waals surface area contributed by atoms with E-state index in [1.54, 1.807) is 12.1 Å². The molecule has 2 unspecified atom stereocenters. The Bertz CT molecular complexity index is 3200. The maximum atomic E-state index is 15.3. The Kier molecular flexibility index (Phi) is 13.6. The van der Waals surface area contributed by atoms with Crippen LogP contribution in [0.25, 0.3) is 22.5 Å². The lowest BCUT2D eigenvalue weighted by molar-refractivity contribution is -0.0107. The van der Waals surface area contributed by atoms with Crippen LogP contribution < -0.4 is 10.6 Å². The van der Waals surface area contributed by atoms with Crippen LogP contribution in [-0.4, -0.2) is 106 Å². The Morgan fingerprint density at radius 2 is 1.07 bits per heavy atom. The minimum Gasteiger partial charge on any atom is -0.478 e. The highest BCUT2D eigenvalue weighted by molar-refractivity contribution is 6.34. The number of ether oxygens (including phenoxy) is 3. The van der Waals surface area contributed by atoms with E-state index in [2.05, 4.69) is 15.7 Å². The number of carbonyl (C=O) groups is 4. The number of hydrogen-bond acceptors (Lipinski definition) is 11. The van der Waals surface area contributed by atoms with Gasteiger partial charge in [-0.15, -0.1) is 0 Å². The smallest absolute Gasteiger partial charge is 0.337 e. The number of esters is 1. The van der Waals surface area contributed by atoms with Gasteiger partial charge in [0.15, 0.2) is 0 Å². The third-order valence-corrected chi connectivity index (χ3v) is 15.4. The predicted octanol–water partition coefficient (Wildman–Crippen LogP) is 8.99. The standard InChI is InChI=1S/C28H27ClFN3O4.C27H25ClFN3O4/c1-36-28(35)16-7-9-20(23(30)11-16)26-21-10-8-17(31-18-13-37-14-18)12-24(21)33(32-26)27(34)25-19(15-5-6-15)3-2-4-22(25)29;28-21-3-1-2-18(14-4-5-14)24(21)26(33)32-23-11-16(30-17-12-36-13-17)7-9-20(23)25(31-32)19-8-6-15(27(34)35)10-22(19)29/h2-4,7,9,11,15,17-18,31H,5-6,8,10,12-14H2,1H3;1-3,6,8,10,14,16-17,30H,4-5,7,9,11-13H2,(H,34,35). The number of nitrogens with one attached hydrogen (secondary N) is 2. The molecule has 18 heteroatoms. The van der Waals surface area contributed by atoms with Crippen molar-refractivity contribution >= 4 is 47.0 Å². The van der Waals surface area contributed by atoms with Crippen molar-refractivity contribution in [1.29, 1.82) is 0 Å². The highest BCUT2D eigenvalue weighted by atomic mass is 35.5. The Morgan fingerprint density at radius 3 is 1.45 bits per heavy atom.